The molecule has 1 amide bonds. The summed E-state index contributed by atoms with van der Waals surface area (Å²) in [6.45, 7) is 3.34. The highest BCUT2D eigenvalue weighted by molar-refractivity contribution is 6.08. The Morgan fingerprint density at radius 2 is 1.96 bits per heavy atom. The fourth-order valence-corrected chi connectivity index (χ4v) is 3.25. The lowest BCUT2D eigenvalue weighted by Gasteiger charge is -2.10. The monoisotopic (exact) mass is 377 g/mol. The summed E-state index contributed by atoms with van der Waals surface area (Å²) in [5.41, 5.74) is 3.89. The topological polar surface area (TPSA) is 65.4 Å². The van der Waals surface area contributed by atoms with E-state index in [4.69, 9.17) is 9.47 Å². The van der Waals surface area contributed by atoms with Gasteiger partial charge in [-0.1, -0.05) is 19.1 Å². The van der Waals surface area contributed by atoms with E-state index in [9.17, 15) is 4.79 Å². The summed E-state index contributed by atoms with van der Waals surface area (Å²) in [4.78, 5) is 12.9. The van der Waals surface area contributed by atoms with Gasteiger partial charge in [-0.15, -0.1) is 0 Å². The van der Waals surface area contributed by atoms with Gasteiger partial charge in [0, 0.05) is 30.9 Å². The molecule has 6 nitrogen and oxygen atoms in total. The number of aromatic nitrogens is 2. The SMILES string of the molecule is CCc1cccc(NC(=O)c2cn(C)nc2-c2ccc3c(c2)OCCCO3)c1. The third kappa shape index (κ3) is 3.71. The molecule has 1 aliphatic heterocycles. The summed E-state index contributed by atoms with van der Waals surface area (Å²) in [6.07, 6.45) is 3.49. The standard InChI is InChI=1S/C22H23N3O3/c1-3-15-6-4-7-17(12-15)23-22(26)18-14-25(2)24-21(18)16-8-9-19-20(13-16)28-11-5-10-27-19/h4,6-9,12-14H,3,5,10-11H2,1-2H3,(H,23,26). The summed E-state index contributed by atoms with van der Waals surface area (Å²) >= 11 is 0. The van der Waals surface area contributed by atoms with Gasteiger partial charge in [-0.2, -0.15) is 5.10 Å². The van der Waals surface area contributed by atoms with E-state index in [0.29, 0.717) is 30.2 Å². The number of benzene rings is 2. The van der Waals surface area contributed by atoms with Crippen molar-refractivity contribution in [3.05, 3.63) is 59.8 Å². The van der Waals surface area contributed by atoms with Crippen molar-refractivity contribution in [2.45, 2.75) is 19.8 Å². The van der Waals surface area contributed by atoms with Gasteiger partial charge >= 0.3 is 0 Å². The molecule has 144 valence electrons. The van der Waals surface area contributed by atoms with E-state index in [2.05, 4.69) is 17.3 Å². The maximum Gasteiger partial charge on any atom is 0.259 e. The maximum atomic E-state index is 12.9. The molecular weight excluding hydrogens is 354 g/mol. The van der Waals surface area contributed by atoms with Crippen molar-refractivity contribution in [1.82, 2.24) is 9.78 Å². The number of nitrogens with zero attached hydrogens (tertiary/aromatic N) is 2. The lowest BCUT2D eigenvalue weighted by atomic mass is 10.1. The fraction of sp³-hybridized carbons (Fsp3) is 0.273. The van der Waals surface area contributed by atoms with Gasteiger partial charge < -0.3 is 14.8 Å². The Hall–Kier alpha value is -3.28. The number of hydrogen-bond donors (Lipinski definition) is 1. The number of carbonyl (C=O) groups is 1. The molecular formula is C22H23N3O3. The molecule has 0 spiro atoms. The quantitative estimate of drug-likeness (QED) is 0.745. The van der Waals surface area contributed by atoms with Crippen molar-refractivity contribution in [1.29, 1.82) is 0 Å². The Morgan fingerprint density at radius 3 is 2.79 bits per heavy atom. The van der Waals surface area contributed by atoms with Crippen LogP contribution in [-0.2, 0) is 13.5 Å². The first kappa shape index (κ1) is 18.1. The van der Waals surface area contributed by atoms with Crippen molar-refractivity contribution < 1.29 is 14.3 Å². The fourth-order valence-electron chi connectivity index (χ4n) is 3.25. The molecule has 28 heavy (non-hydrogen) atoms. The maximum absolute atomic E-state index is 12.9. The third-order valence-corrected chi connectivity index (χ3v) is 4.69. The minimum absolute atomic E-state index is 0.191. The predicted molar refractivity (Wildman–Crippen MR) is 108 cm³/mol. The third-order valence-electron chi connectivity index (χ3n) is 4.69. The van der Waals surface area contributed by atoms with Crippen molar-refractivity contribution in [2.24, 2.45) is 7.05 Å². The van der Waals surface area contributed by atoms with E-state index >= 15 is 0 Å². The van der Waals surface area contributed by atoms with Crippen LogP contribution in [0.2, 0.25) is 0 Å². The van der Waals surface area contributed by atoms with E-state index in [1.54, 1.807) is 17.9 Å². The minimum Gasteiger partial charge on any atom is -0.490 e. The average Bonchev–Trinajstić information content (AvgIpc) is 2.95. The Bertz CT molecular complexity index is 1010. The van der Waals surface area contributed by atoms with E-state index in [1.165, 1.54) is 5.56 Å². The van der Waals surface area contributed by atoms with Crippen LogP contribution < -0.4 is 14.8 Å². The van der Waals surface area contributed by atoms with Crippen LogP contribution in [-0.4, -0.2) is 28.9 Å². The molecule has 1 aliphatic rings. The van der Waals surface area contributed by atoms with E-state index in [0.717, 1.165) is 29.8 Å². The number of rotatable bonds is 4. The summed E-state index contributed by atoms with van der Waals surface area (Å²) < 4.78 is 13.1. The van der Waals surface area contributed by atoms with Crippen LogP contribution in [0.3, 0.4) is 0 Å². The zero-order chi connectivity index (χ0) is 19.5. The van der Waals surface area contributed by atoms with Crippen molar-refractivity contribution in [3.63, 3.8) is 0 Å². The van der Waals surface area contributed by atoms with Gasteiger partial charge in [0.25, 0.3) is 5.91 Å². The van der Waals surface area contributed by atoms with Crippen LogP contribution in [0.15, 0.2) is 48.7 Å². The Morgan fingerprint density at radius 1 is 1.14 bits per heavy atom. The van der Waals surface area contributed by atoms with Crippen LogP contribution in [0.5, 0.6) is 11.5 Å². The van der Waals surface area contributed by atoms with Crippen molar-refractivity contribution in [2.75, 3.05) is 18.5 Å². The Kier molecular flexibility index (Phi) is 5.02. The molecule has 2 aromatic carbocycles. The molecule has 0 radical (unpaired) electrons. The smallest absolute Gasteiger partial charge is 0.259 e. The van der Waals surface area contributed by atoms with Crippen LogP contribution >= 0.6 is 0 Å². The molecule has 0 fully saturated rings. The zero-order valence-electron chi connectivity index (χ0n) is 16.1. The van der Waals surface area contributed by atoms with Gasteiger partial charge in [0.15, 0.2) is 11.5 Å². The molecule has 2 heterocycles. The molecule has 0 aliphatic carbocycles. The summed E-state index contributed by atoms with van der Waals surface area (Å²) in [6, 6.07) is 13.5. The minimum atomic E-state index is -0.191. The molecule has 1 N–H and O–H groups in total. The van der Waals surface area contributed by atoms with Crippen LogP contribution in [0.1, 0.15) is 29.3 Å². The number of ether oxygens (including phenoxy) is 2. The molecule has 3 aromatic rings. The zero-order valence-corrected chi connectivity index (χ0v) is 16.1. The first-order valence-corrected chi connectivity index (χ1v) is 9.48. The van der Waals surface area contributed by atoms with Crippen LogP contribution in [0.25, 0.3) is 11.3 Å². The van der Waals surface area contributed by atoms with Crippen LogP contribution in [0.4, 0.5) is 5.69 Å². The molecule has 0 saturated carbocycles. The number of hydrogen-bond acceptors (Lipinski definition) is 4. The summed E-state index contributed by atoms with van der Waals surface area (Å²) in [5, 5.41) is 7.49. The van der Waals surface area contributed by atoms with Crippen molar-refractivity contribution >= 4 is 11.6 Å². The second kappa shape index (κ2) is 7.76. The molecule has 0 saturated heterocycles. The molecule has 1 aromatic heterocycles. The molecule has 6 heteroatoms. The first-order valence-electron chi connectivity index (χ1n) is 9.48. The predicted octanol–water partition coefficient (Wildman–Crippen LogP) is 4.06. The normalized spacial score (nSPS) is 13.1. The highest BCUT2D eigenvalue weighted by Crippen LogP contribution is 2.35. The Balaban J connectivity index is 1.65. The van der Waals surface area contributed by atoms with Gasteiger partial charge in [0.1, 0.15) is 5.69 Å². The first-order chi connectivity index (χ1) is 13.6. The van der Waals surface area contributed by atoms with Gasteiger partial charge in [-0.05, 0) is 42.3 Å². The van der Waals surface area contributed by atoms with E-state index in [-0.39, 0.29) is 5.91 Å². The second-order valence-electron chi connectivity index (χ2n) is 6.79. The average molecular weight is 377 g/mol. The highest BCUT2D eigenvalue weighted by atomic mass is 16.5. The number of anilines is 1. The highest BCUT2D eigenvalue weighted by Gasteiger charge is 2.20. The summed E-state index contributed by atoms with van der Waals surface area (Å²) in [7, 11) is 1.81. The van der Waals surface area contributed by atoms with E-state index < -0.39 is 0 Å². The molecule has 0 atom stereocenters. The van der Waals surface area contributed by atoms with Crippen molar-refractivity contribution in [3.8, 4) is 22.8 Å². The molecule has 0 unspecified atom stereocenters. The van der Waals surface area contributed by atoms with Crippen LogP contribution in [0, 0.1) is 0 Å². The number of amides is 1. The lowest BCUT2D eigenvalue weighted by molar-refractivity contribution is 0.102. The lowest BCUT2D eigenvalue weighted by Crippen LogP contribution is -2.12. The van der Waals surface area contributed by atoms with Gasteiger partial charge in [-0.25, -0.2) is 0 Å². The Labute approximate surface area is 164 Å². The number of carbonyl (C=O) groups excluding carboxylic acids is 1. The van der Waals surface area contributed by atoms with E-state index in [1.807, 2.05) is 42.5 Å². The number of fused-ring (bicyclic) bond motifs is 1. The summed E-state index contributed by atoms with van der Waals surface area (Å²) in [5.74, 6) is 1.21. The van der Waals surface area contributed by atoms with Gasteiger partial charge in [-0.3, -0.25) is 9.48 Å². The second-order valence-corrected chi connectivity index (χ2v) is 6.79. The number of aryl methyl sites for hydroxylation is 2. The van der Waals surface area contributed by atoms with Gasteiger partial charge in [0.05, 0.1) is 18.8 Å². The largest absolute Gasteiger partial charge is 0.490 e. The molecule has 0 bridgehead atoms. The molecule has 4 rings (SSSR count). The van der Waals surface area contributed by atoms with Gasteiger partial charge in [0.2, 0.25) is 0 Å². The number of nitrogens with one attached hydrogen (secondary N) is 1.